The predicted molar refractivity (Wildman–Crippen MR) is 90.5 cm³/mol. The lowest BCUT2D eigenvalue weighted by molar-refractivity contribution is -0.124. The normalized spacial score (nSPS) is 10.5. The summed E-state index contributed by atoms with van der Waals surface area (Å²) in [5.41, 5.74) is 0. The van der Waals surface area contributed by atoms with E-state index in [9.17, 15) is 9.59 Å². The second kappa shape index (κ2) is 15.5. The summed E-state index contributed by atoms with van der Waals surface area (Å²) in [6.07, 6.45) is 16.6. The van der Waals surface area contributed by atoms with E-state index in [0.717, 1.165) is 19.3 Å². The lowest BCUT2D eigenvalue weighted by atomic mass is 10.0. The van der Waals surface area contributed by atoms with E-state index in [1.807, 2.05) is 13.0 Å². The number of allylic oxidation sites excluding steroid dienone is 1. The first-order valence-corrected chi connectivity index (χ1v) is 8.85. The van der Waals surface area contributed by atoms with Crippen LogP contribution in [-0.4, -0.2) is 11.6 Å². The van der Waals surface area contributed by atoms with Crippen molar-refractivity contribution in [3.63, 3.8) is 0 Å². The van der Waals surface area contributed by atoms with Crippen LogP contribution in [0.2, 0.25) is 0 Å². The molecule has 0 amide bonds. The van der Waals surface area contributed by atoms with Crippen LogP contribution in [0.25, 0.3) is 0 Å². The molecular formula is C19H34O2. The Morgan fingerprint density at radius 2 is 1.19 bits per heavy atom. The highest BCUT2D eigenvalue weighted by molar-refractivity contribution is 5.85. The molecule has 2 nitrogen and oxygen atoms in total. The SMILES string of the molecule is C=CCCCCCCCCCCCC(=O)CCC(=O)CC. The summed E-state index contributed by atoms with van der Waals surface area (Å²) >= 11 is 0. The monoisotopic (exact) mass is 294 g/mol. The fourth-order valence-electron chi connectivity index (χ4n) is 2.43. The molecular weight excluding hydrogens is 260 g/mol. The molecule has 2 heteroatoms. The maximum absolute atomic E-state index is 11.6. The second-order valence-corrected chi connectivity index (χ2v) is 5.94. The van der Waals surface area contributed by atoms with Gasteiger partial charge < -0.3 is 0 Å². The minimum absolute atomic E-state index is 0.205. The van der Waals surface area contributed by atoms with Crippen molar-refractivity contribution in [2.75, 3.05) is 0 Å². The molecule has 0 saturated carbocycles. The van der Waals surface area contributed by atoms with Crippen LogP contribution in [0.15, 0.2) is 12.7 Å². The number of carbonyl (C=O) groups excluding carboxylic acids is 2. The summed E-state index contributed by atoms with van der Waals surface area (Å²) in [7, 11) is 0. The van der Waals surface area contributed by atoms with Gasteiger partial charge in [0.05, 0.1) is 0 Å². The number of hydrogen-bond acceptors (Lipinski definition) is 2. The molecule has 0 atom stereocenters. The molecule has 0 aromatic carbocycles. The third kappa shape index (κ3) is 15.3. The molecule has 122 valence electrons. The molecule has 0 aliphatic heterocycles. The fraction of sp³-hybridized carbons (Fsp3) is 0.789. The van der Waals surface area contributed by atoms with Crippen molar-refractivity contribution in [3.05, 3.63) is 12.7 Å². The van der Waals surface area contributed by atoms with Crippen molar-refractivity contribution >= 4 is 11.6 Å². The molecule has 0 fully saturated rings. The molecule has 0 spiro atoms. The summed E-state index contributed by atoms with van der Waals surface area (Å²) in [6.45, 7) is 5.59. The Bertz CT molecular complexity index is 281. The van der Waals surface area contributed by atoms with Gasteiger partial charge in [-0.25, -0.2) is 0 Å². The smallest absolute Gasteiger partial charge is 0.133 e. The topological polar surface area (TPSA) is 34.1 Å². The maximum atomic E-state index is 11.6. The van der Waals surface area contributed by atoms with Crippen molar-refractivity contribution in [2.45, 2.75) is 96.8 Å². The standard InChI is InChI=1S/C19H34O2/c1-3-5-6-7-8-9-10-11-12-13-14-15-19(21)17-16-18(20)4-2/h3H,1,4-17H2,2H3. The van der Waals surface area contributed by atoms with E-state index >= 15 is 0 Å². The minimum Gasteiger partial charge on any atom is -0.300 e. The van der Waals surface area contributed by atoms with Gasteiger partial charge in [0.25, 0.3) is 0 Å². The molecule has 0 aromatic heterocycles. The minimum atomic E-state index is 0.205. The Kier molecular flexibility index (Phi) is 14.8. The van der Waals surface area contributed by atoms with Crippen LogP contribution in [0, 0.1) is 0 Å². The van der Waals surface area contributed by atoms with Gasteiger partial charge in [-0.05, 0) is 19.3 Å². The number of Topliss-reactive ketones (excluding diaryl/α,β-unsaturated/α-hetero) is 2. The van der Waals surface area contributed by atoms with Crippen LogP contribution in [-0.2, 0) is 9.59 Å². The second-order valence-electron chi connectivity index (χ2n) is 5.94. The van der Waals surface area contributed by atoms with Crippen LogP contribution < -0.4 is 0 Å². The summed E-state index contributed by atoms with van der Waals surface area (Å²) in [4.78, 5) is 22.7. The van der Waals surface area contributed by atoms with Crippen LogP contribution >= 0.6 is 0 Å². The summed E-state index contributed by atoms with van der Waals surface area (Å²) in [5.74, 6) is 0.468. The Morgan fingerprint density at radius 3 is 1.71 bits per heavy atom. The van der Waals surface area contributed by atoms with Gasteiger partial charge in [-0.1, -0.05) is 57.9 Å². The Balaban J connectivity index is 3.19. The molecule has 0 heterocycles. The molecule has 0 bridgehead atoms. The molecule has 21 heavy (non-hydrogen) atoms. The van der Waals surface area contributed by atoms with E-state index in [4.69, 9.17) is 0 Å². The molecule has 0 radical (unpaired) electrons. The van der Waals surface area contributed by atoms with Crippen LogP contribution in [0.4, 0.5) is 0 Å². The van der Waals surface area contributed by atoms with Crippen molar-refractivity contribution in [1.29, 1.82) is 0 Å². The van der Waals surface area contributed by atoms with Gasteiger partial charge in [-0.15, -0.1) is 6.58 Å². The summed E-state index contributed by atoms with van der Waals surface area (Å²) in [5, 5.41) is 0. The van der Waals surface area contributed by atoms with E-state index in [-0.39, 0.29) is 11.6 Å². The van der Waals surface area contributed by atoms with Gasteiger partial charge in [0, 0.05) is 25.7 Å². The molecule has 0 rings (SSSR count). The van der Waals surface area contributed by atoms with E-state index in [1.165, 1.54) is 44.9 Å². The zero-order valence-corrected chi connectivity index (χ0v) is 14.0. The van der Waals surface area contributed by atoms with Gasteiger partial charge in [-0.3, -0.25) is 9.59 Å². The zero-order valence-electron chi connectivity index (χ0n) is 14.0. The number of ketones is 2. The zero-order chi connectivity index (χ0) is 15.8. The van der Waals surface area contributed by atoms with Crippen LogP contribution in [0.5, 0.6) is 0 Å². The first-order valence-electron chi connectivity index (χ1n) is 8.85. The third-order valence-corrected chi connectivity index (χ3v) is 3.94. The Hall–Kier alpha value is -0.920. The largest absolute Gasteiger partial charge is 0.300 e. The highest BCUT2D eigenvalue weighted by Crippen LogP contribution is 2.12. The summed E-state index contributed by atoms with van der Waals surface area (Å²) < 4.78 is 0. The number of carbonyl (C=O) groups is 2. The van der Waals surface area contributed by atoms with Gasteiger partial charge in [0.15, 0.2) is 0 Å². The quantitative estimate of drug-likeness (QED) is 0.266. The van der Waals surface area contributed by atoms with E-state index in [0.29, 0.717) is 25.7 Å². The van der Waals surface area contributed by atoms with Crippen molar-refractivity contribution < 1.29 is 9.59 Å². The fourth-order valence-corrected chi connectivity index (χ4v) is 2.43. The highest BCUT2D eigenvalue weighted by atomic mass is 16.1. The van der Waals surface area contributed by atoms with Crippen LogP contribution in [0.3, 0.4) is 0 Å². The number of unbranched alkanes of at least 4 members (excludes halogenated alkanes) is 9. The first-order chi connectivity index (χ1) is 10.2. The van der Waals surface area contributed by atoms with E-state index in [1.54, 1.807) is 0 Å². The van der Waals surface area contributed by atoms with Crippen molar-refractivity contribution in [1.82, 2.24) is 0 Å². The van der Waals surface area contributed by atoms with Crippen molar-refractivity contribution in [2.24, 2.45) is 0 Å². The molecule has 0 aliphatic rings. The molecule has 0 N–H and O–H groups in total. The predicted octanol–water partition coefficient (Wildman–Crippen LogP) is 5.79. The first kappa shape index (κ1) is 20.1. The Morgan fingerprint density at radius 1 is 0.714 bits per heavy atom. The van der Waals surface area contributed by atoms with Gasteiger partial charge in [0.2, 0.25) is 0 Å². The number of rotatable bonds is 16. The van der Waals surface area contributed by atoms with Crippen LogP contribution in [0.1, 0.15) is 96.8 Å². The lowest BCUT2D eigenvalue weighted by Gasteiger charge is -2.02. The Labute approximate surface area is 131 Å². The third-order valence-electron chi connectivity index (χ3n) is 3.94. The maximum Gasteiger partial charge on any atom is 0.133 e. The van der Waals surface area contributed by atoms with Crippen molar-refractivity contribution in [3.8, 4) is 0 Å². The number of hydrogen-bond donors (Lipinski definition) is 0. The average molecular weight is 294 g/mol. The lowest BCUT2D eigenvalue weighted by Crippen LogP contribution is -2.03. The molecule has 0 saturated heterocycles. The van der Waals surface area contributed by atoms with Gasteiger partial charge >= 0.3 is 0 Å². The highest BCUT2D eigenvalue weighted by Gasteiger charge is 2.05. The van der Waals surface area contributed by atoms with Gasteiger partial charge in [0.1, 0.15) is 11.6 Å². The summed E-state index contributed by atoms with van der Waals surface area (Å²) in [6, 6.07) is 0. The molecule has 0 unspecified atom stereocenters. The average Bonchev–Trinajstić information content (AvgIpc) is 2.50. The molecule has 0 aliphatic carbocycles. The van der Waals surface area contributed by atoms with E-state index in [2.05, 4.69) is 6.58 Å². The van der Waals surface area contributed by atoms with E-state index < -0.39 is 0 Å². The molecule has 0 aromatic rings. The van der Waals surface area contributed by atoms with Gasteiger partial charge in [-0.2, -0.15) is 0 Å².